The van der Waals surface area contributed by atoms with Crippen LogP contribution in [-0.4, -0.2) is 67.4 Å². The zero-order valence-electron chi connectivity index (χ0n) is 21.3. The number of thiophene rings is 1. The van der Waals surface area contributed by atoms with Crippen molar-refractivity contribution in [3.8, 4) is 0 Å². The molecule has 202 valence electrons. The van der Waals surface area contributed by atoms with E-state index in [0.717, 1.165) is 21.9 Å². The fourth-order valence-corrected chi connectivity index (χ4v) is 6.36. The first-order valence-corrected chi connectivity index (χ1v) is 15.5. The van der Waals surface area contributed by atoms with Gasteiger partial charge in [0.1, 0.15) is 5.54 Å². The number of carbonyl (C=O) groups excluding carboxylic acids is 3. The van der Waals surface area contributed by atoms with Crippen LogP contribution < -0.4 is 4.72 Å². The predicted octanol–water partition coefficient (Wildman–Crippen LogP) is 4.09. The van der Waals surface area contributed by atoms with Crippen LogP contribution in [0.4, 0.5) is 0 Å². The standard InChI is InChI=1S/C27H30ClN3O5S2/c1-27(13-16-31(27)25(33)22-18-37-23-10-4-3-9-21(22)23)26(34)30(14-6-11-24(32)29-38(2,35)36)15-12-19-7-5-8-20(28)17-19/h3-5,7-10,17-18H,6,11-16H2,1-2H3,(H,29,32). The van der Waals surface area contributed by atoms with E-state index in [1.165, 1.54) is 11.3 Å². The third-order valence-corrected chi connectivity index (χ3v) is 8.61. The molecule has 2 heterocycles. The van der Waals surface area contributed by atoms with Gasteiger partial charge in [0.15, 0.2) is 0 Å². The highest BCUT2D eigenvalue weighted by molar-refractivity contribution is 7.89. The molecule has 1 aliphatic heterocycles. The van der Waals surface area contributed by atoms with Crippen molar-refractivity contribution in [2.75, 3.05) is 25.9 Å². The van der Waals surface area contributed by atoms with Gasteiger partial charge >= 0.3 is 0 Å². The van der Waals surface area contributed by atoms with E-state index in [1.54, 1.807) is 22.8 Å². The number of fused-ring (bicyclic) bond motifs is 1. The Hall–Kier alpha value is -2.95. The highest BCUT2D eigenvalue weighted by Crippen LogP contribution is 2.36. The third-order valence-electron chi connectivity index (χ3n) is 6.81. The molecule has 0 aliphatic carbocycles. The lowest BCUT2D eigenvalue weighted by molar-refractivity contribution is -0.149. The molecule has 0 bridgehead atoms. The van der Waals surface area contributed by atoms with Crippen molar-refractivity contribution < 1.29 is 22.8 Å². The minimum absolute atomic E-state index is 0.0474. The Bertz CT molecular complexity index is 1470. The summed E-state index contributed by atoms with van der Waals surface area (Å²) in [6.07, 6.45) is 2.23. The second-order valence-corrected chi connectivity index (χ2v) is 12.8. The molecule has 1 aromatic heterocycles. The number of sulfonamides is 1. The van der Waals surface area contributed by atoms with Gasteiger partial charge in [-0.05, 0) is 49.9 Å². The van der Waals surface area contributed by atoms with E-state index in [9.17, 15) is 22.8 Å². The monoisotopic (exact) mass is 575 g/mol. The van der Waals surface area contributed by atoms with E-state index >= 15 is 0 Å². The zero-order valence-corrected chi connectivity index (χ0v) is 23.7. The first kappa shape index (κ1) is 28.1. The van der Waals surface area contributed by atoms with Crippen LogP contribution in [0.2, 0.25) is 5.02 Å². The summed E-state index contributed by atoms with van der Waals surface area (Å²) in [7, 11) is -3.65. The van der Waals surface area contributed by atoms with Crippen molar-refractivity contribution in [3.63, 3.8) is 0 Å². The summed E-state index contributed by atoms with van der Waals surface area (Å²) in [5, 5.41) is 3.32. The summed E-state index contributed by atoms with van der Waals surface area (Å²) in [5.41, 5.74) is 0.539. The first-order valence-electron chi connectivity index (χ1n) is 12.3. The fourth-order valence-electron chi connectivity index (χ4n) is 4.70. The van der Waals surface area contributed by atoms with Crippen molar-refractivity contribution in [1.82, 2.24) is 14.5 Å². The smallest absolute Gasteiger partial charge is 0.256 e. The van der Waals surface area contributed by atoms with Crippen molar-refractivity contribution in [2.24, 2.45) is 0 Å². The Morgan fingerprint density at radius 3 is 2.58 bits per heavy atom. The van der Waals surface area contributed by atoms with Gasteiger partial charge in [-0.1, -0.05) is 41.9 Å². The van der Waals surface area contributed by atoms with Crippen molar-refractivity contribution in [2.45, 2.75) is 38.1 Å². The van der Waals surface area contributed by atoms with Crippen molar-refractivity contribution in [3.05, 3.63) is 70.1 Å². The van der Waals surface area contributed by atoms with E-state index in [4.69, 9.17) is 11.6 Å². The van der Waals surface area contributed by atoms with Crippen molar-refractivity contribution in [1.29, 1.82) is 0 Å². The molecular weight excluding hydrogens is 546 g/mol. The van der Waals surface area contributed by atoms with E-state index in [-0.39, 0.29) is 31.2 Å². The van der Waals surface area contributed by atoms with Gasteiger partial charge in [0.25, 0.3) is 5.91 Å². The van der Waals surface area contributed by atoms with Gasteiger partial charge in [0.2, 0.25) is 21.8 Å². The maximum absolute atomic E-state index is 13.9. The molecule has 38 heavy (non-hydrogen) atoms. The summed E-state index contributed by atoms with van der Waals surface area (Å²) in [4.78, 5) is 42.7. The van der Waals surface area contributed by atoms with Crippen LogP contribution in [0.25, 0.3) is 10.1 Å². The Morgan fingerprint density at radius 1 is 1.13 bits per heavy atom. The number of benzene rings is 2. The summed E-state index contributed by atoms with van der Waals surface area (Å²) in [6, 6.07) is 15.1. The second kappa shape index (κ2) is 11.4. The number of halogens is 1. The molecule has 3 amide bonds. The number of nitrogens with one attached hydrogen (secondary N) is 1. The topological polar surface area (TPSA) is 104 Å². The third kappa shape index (κ3) is 6.36. The van der Waals surface area contributed by atoms with Gasteiger partial charge in [-0.15, -0.1) is 11.3 Å². The molecule has 0 spiro atoms. The Kier molecular flexibility index (Phi) is 8.44. The number of amides is 3. The largest absolute Gasteiger partial charge is 0.340 e. The minimum Gasteiger partial charge on any atom is -0.340 e. The fraction of sp³-hybridized carbons (Fsp3) is 0.370. The lowest BCUT2D eigenvalue weighted by Gasteiger charge is -2.51. The molecular formula is C27H30ClN3O5S2. The average molecular weight is 576 g/mol. The normalized spacial score (nSPS) is 17.2. The lowest BCUT2D eigenvalue weighted by Crippen LogP contribution is -2.68. The van der Waals surface area contributed by atoms with Crippen LogP contribution in [0.5, 0.6) is 0 Å². The van der Waals surface area contributed by atoms with Crippen LogP contribution in [0, 0.1) is 0 Å². The number of likely N-dealkylation sites (tertiary alicyclic amines) is 1. The summed E-state index contributed by atoms with van der Waals surface area (Å²) in [6.45, 7) is 2.87. The predicted molar refractivity (Wildman–Crippen MR) is 150 cm³/mol. The number of nitrogens with zero attached hydrogens (tertiary/aromatic N) is 2. The molecule has 1 aliphatic rings. The molecule has 1 N–H and O–H groups in total. The molecule has 1 unspecified atom stereocenters. The van der Waals surface area contributed by atoms with Gasteiger partial charge in [0, 0.05) is 46.5 Å². The number of rotatable bonds is 10. The average Bonchev–Trinajstić information content (AvgIpc) is 3.28. The van der Waals surface area contributed by atoms with Gasteiger partial charge in [-0.25, -0.2) is 8.42 Å². The Balaban J connectivity index is 1.50. The van der Waals surface area contributed by atoms with E-state index < -0.39 is 21.5 Å². The minimum atomic E-state index is -3.65. The molecule has 0 radical (unpaired) electrons. The Morgan fingerprint density at radius 2 is 1.89 bits per heavy atom. The SMILES string of the molecule is CC1(C(=O)N(CCCC(=O)NS(C)(=O)=O)CCc2cccc(Cl)c2)CCN1C(=O)c1csc2ccccc12. The van der Waals surface area contributed by atoms with Crippen molar-refractivity contribution >= 4 is 60.8 Å². The molecule has 3 aromatic rings. The van der Waals surface area contributed by atoms with Crippen LogP contribution in [0.3, 0.4) is 0 Å². The van der Waals surface area contributed by atoms with Crippen LogP contribution in [-0.2, 0) is 26.0 Å². The van der Waals surface area contributed by atoms with Gasteiger partial charge in [-0.2, -0.15) is 0 Å². The highest BCUT2D eigenvalue weighted by atomic mass is 35.5. The molecule has 1 fully saturated rings. The summed E-state index contributed by atoms with van der Waals surface area (Å²) < 4.78 is 25.7. The summed E-state index contributed by atoms with van der Waals surface area (Å²) >= 11 is 7.62. The quantitative estimate of drug-likeness (QED) is 0.392. The van der Waals surface area contributed by atoms with E-state index in [2.05, 4.69) is 0 Å². The van der Waals surface area contributed by atoms with Crippen LogP contribution in [0.1, 0.15) is 42.1 Å². The maximum atomic E-state index is 13.9. The highest BCUT2D eigenvalue weighted by Gasteiger charge is 2.51. The summed E-state index contributed by atoms with van der Waals surface area (Å²) in [5.74, 6) is -0.986. The van der Waals surface area contributed by atoms with Gasteiger partial charge < -0.3 is 9.80 Å². The van der Waals surface area contributed by atoms with Crippen LogP contribution in [0.15, 0.2) is 53.9 Å². The number of hydrogen-bond acceptors (Lipinski definition) is 6. The molecule has 1 saturated heterocycles. The van der Waals surface area contributed by atoms with Gasteiger partial charge in [0.05, 0.1) is 11.8 Å². The molecule has 11 heteroatoms. The molecule has 2 aromatic carbocycles. The van der Waals surface area contributed by atoms with Crippen LogP contribution >= 0.6 is 22.9 Å². The lowest BCUT2D eigenvalue weighted by atomic mass is 9.84. The molecule has 1 atom stereocenters. The number of hydrogen-bond donors (Lipinski definition) is 1. The molecule has 8 nitrogen and oxygen atoms in total. The van der Waals surface area contributed by atoms with E-state index in [0.29, 0.717) is 36.5 Å². The maximum Gasteiger partial charge on any atom is 0.256 e. The van der Waals surface area contributed by atoms with E-state index in [1.807, 2.05) is 52.6 Å². The molecule has 0 saturated carbocycles. The van der Waals surface area contributed by atoms with Gasteiger partial charge in [-0.3, -0.25) is 19.1 Å². The molecule has 4 rings (SSSR count). The number of carbonyl (C=O) groups is 3. The first-order chi connectivity index (χ1) is 18.0. The zero-order chi connectivity index (χ0) is 27.5. The second-order valence-electron chi connectivity index (χ2n) is 9.70. The Labute approximate surface area is 231 Å².